The molecule has 1 aliphatic heterocycles. The maximum atomic E-state index is 5.44. The SMILES string of the molecule is COc1cc2[nH]c(=S)n(CC3CCOC3)c2cc1OC. The summed E-state index contributed by atoms with van der Waals surface area (Å²) >= 11 is 5.43. The molecule has 1 aromatic heterocycles. The molecule has 0 radical (unpaired) electrons. The van der Waals surface area contributed by atoms with E-state index in [4.69, 9.17) is 26.4 Å². The van der Waals surface area contributed by atoms with Crippen LogP contribution in [0.5, 0.6) is 11.5 Å². The van der Waals surface area contributed by atoms with E-state index < -0.39 is 0 Å². The molecule has 0 amide bonds. The molecule has 3 rings (SSSR count). The second-order valence-corrected chi connectivity index (χ2v) is 5.38. The van der Waals surface area contributed by atoms with E-state index in [1.165, 1.54) is 0 Å². The first-order chi connectivity index (χ1) is 9.72. The number of fused-ring (bicyclic) bond motifs is 1. The smallest absolute Gasteiger partial charge is 0.178 e. The van der Waals surface area contributed by atoms with E-state index >= 15 is 0 Å². The van der Waals surface area contributed by atoms with Crippen LogP contribution in [0.4, 0.5) is 0 Å². The first-order valence-corrected chi connectivity index (χ1v) is 7.06. The number of imidazole rings is 1. The zero-order chi connectivity index (χ0) is 14.1. The van der Waals surface area contributed by atoms with Crippen molar-refractivity contribution in [2.45, 2.75) is 13.0 Å². The number of hydrogen-bond donors (Lipinski definition) is 1. The number of H-pyrrole nitrogens is 1. The van der Waals surface area contributed by atoms with Crippen LogP contribution in [0.1, 0.15) is 6.42 Å². The first-order valence-electron chi connectivity index (χ1n) is 6.65. The molecule has 0 bridgehead atoms. The number of nitrogens with one attached hydrogen (secondary N) is 1. The lowest BCUT2D eigenvalue weighted by molar-refractivity contribution is 0.182. The van der Waals surface area contributed by atoms with E-state index in [1.807, 2.05) is 12.1 Å². The summed E-state index contributed by atoms with van der Waals surface area (Å²) in [6, 6.07) is 3.89. The summed E-state index contributed by atoms with van der Waals surface area (Å²) in [7, 11) is 3.27. The lowest BCUT2D eigenvalue weighted by atomic mass is 10.1. The summed E-state index contributed by atoms with van der Waals surface area (Å²) in [6.07, 6.45) is 1.09. The molecular formula is C14H18N2O3S. The van der Waals surface area contributed by atoms with E-state index in [-0.39, 0.29) is 0 Å². The number of rotatable bonds is 4. The Morgan fingerprint density at radius 1 is 1.35 bits per heavy atom. The normalized spacial score (nSPS) is 18.6. The third-order valence-corrected chi connectivity index (χ3v) is 4.07. The summed E-state index contributed by atoms with van der Waals surface area (Å²) in [5, 5.41) is 0. The predicted octanol–water partition coefficient (Wildman–Crippen LogP) is 2.75. The summed E-state index contributed by atoms with van der Waals surface area (Å²) in [6.45, 7) is 2.52. The number of nitrogens with zero attached hydrogens (tertiary/aromatic N) is 1. The van der Waals surface area contributed by atoms with Crippen LogP contribution in [0.2, 0.25) is 0 Å². The van der Waals surface area contributed by atoms with Crippen LogP contribution < -0.4 is 9.47 Å². The molecule has 1 aromatic carbocycles. The predicted molar refractivity (Wildman–Crippen MR) is 79.2 cm³/mol. The fourth-order valence-electron chi connectivity index (χ4n) is 2.65. The second kappa shape index (κ2) is 5.46. The number of ether oxygens (including phenoxy) is 3. The first kappa shape index (κ1) is 13.5. The Morgan fingerprint density at radius 3 is 2.75 bits per heavy atom. The van der Waals surface area contributed by atoms with Crippen molar-refractivity contribution >= 4 is 23.3 Å². The van der Waals surface area contributed by atoms with Gasteiger partial charge in [0.15, 0.2) is 16.3 Å². The monoisotopic (exact) mass is 294 g/mol. The van der Waals surface area contributed by atoms with Crippen molar-refractivity contribution in [1.82, 2.24) is 9.55 Å². The number of benzene rings is 1. The van der Waals surface area contributed by atoms with Gasteiger partial charge in [-0.2, -0.15) is 0 Å². The minimum atomic E-state index is 0.522. The summed E-state index contributed by atoms with van der Waals surface area (Å²) in [5.41, 5.74) is 2.01. The molecular weight excluding hydrogens is 276 g/mol. The van der Waals surface area contributed by atoms with Crippen molar-refractivity contribution < 1.29 is 14.2 Å². The molecule has 5 nitrogen and oxygen atoms in total. The van der Waals surface area contributed by atoms with Crippen LogP contribution >= 0.6 is 12.2 Å². The van der Waals surface area contributed by atoms with Crippen LogP contribution in [0.15, 0.2) is 12.1 Å². The average molecular weight is 294 g/mol. The van der Waals surface area contributed by atoms with Crippen molar-refractivity contribution in [3.05, 3.63) is 16.9 Å². The summed E-state index contributed by atoms with van der Waals surface area (Å²) in [4.78, 5) is 3.23. The molecule has 1 unspecified atom stereocenters. The number of aromatic nitrogens is 2. The Bertz CT molecular complexity index is 671. The van der Waals surface area contributed by atoms with E-state index in [9.17, 15) is 0 Å². The minimum absolute atomic E-state index is 0.522. The molecule has 1 fully saturated rings. The Kier molecular flexibility index (Phi) is 3.67. The Morgan fingerprint density at radius 2 is 2.10 bits per heavy atom. The number of methoxy groups -OCH3 is 2. The fraction of sp³-hybridized carbons (Fsp3) is 0.500. The van der Waals surface area contributed by atoms with E-state index in [1.54, 1.807) is 14.2 Å². The molecule has 108 valence electrons. The molecule has 0 aliphatic carbocycles. The van der Waals surface area contributed by atoms with Gasteiger partial charge < -0.3 is 23.8 Å². The largest absolute Gasteiger partial charge is 0.493 e. The van der Waals surface area contributed by atoms with Gasteiger partial charge in [0.2, 0.25) is 0 Å². The van der Waals surface area contributed by atoms with Gasteiger partial charge in [0.05, 0.1) is 31.9 Å². The molecule has 1 N–H and O–H groups in total. The molecule has 1 aliphatic rings. The number of hydrogen-bond acceptors (Lipinski definition) is 4. The minimum Gasteiger partial charge on any atom is -0.493 e. The summed E-state index contributed by atoms with van der Waals surface area (Å²) in [5.74, 6) is 1.94. The highest BCUT2D eigenvalue weighted by Crippen LogP contribution is 2.32. The van der Waals surface area contributed by atoms with Crippen molar-refractivity contribution in [3.63, 3.8) is 0 Å². The van der Waals surface area contributed by atoms with Crippen LogP contribution in [-0.2, 0) is 11.3 Å². The highest BCUT2D eigenvalue weighted by molar-refractivity contribution is 7.71. The topological polar surface area (TPSA) is 48.4 Å². The molecule has 2 aromatic rings. The zero-order valence-corrected chi connectivity index (χ0v) is 12.5. The van der Waals surface area contributed by atoms with Crippen LogP contribution in [-0.4, -0.2) is 37.0 Å². The van der Waals surface area contributed by atoms with Gasteiger partial charge in [-0.3, -0.25) is 0 Å². The van der Waals surface area contributed by atoms with Crippen LogP contribution in [0.25, 0.3) is 11.0 Å². The molecule has 1 atom stereocenters. The van der Waals surface area contributed by atoms with Gasteiger partial charge in [0.1, 0.15) is 0 Å². The van der Waals surface area contributed by atoms with Crippen LogP contribution in [0, 0.1) is 10.7 Å². The van der Waals surface area contributed by atoms with Crippen molar-refractivity contribution in [1.29, 1.82) is 0 Å². The van der Waals surface area contributed by atoms with Crippen molar-refractivity contribution in [2.75, 3.05) is 27.4 Å². The third-order valence-electron chi connectivity index (χ3n) is 3.74. The van der Waals surface area contributed by atoms with Crippen molar-refractivity contribution in [3.8, 4) is 11.5 Å². The third kappa shape index (κ3) is 2.29. The quantitative estimate of drug-likeness (QED) is 0.881. The van der Waals surface area contributed by atoms with Gasteiger partial charge in [0, 0.05) is 31.2 Å². The standard InChI is InChI=1S/C14H18N2O3S/c1-17-12-5-10-11(6-13(12)18-2)16(14(20)15-10)7-9-3-4-19-8-9/h5-6,9H,3-4,7-8H2,1-2H3,(H,15,20). The average Bonchev–Trinajstić information content (AvgIpc) is 3.06. The summed E-state index contributed by atoms with van der Waals surface area (Å²) < 4.78 is 19.0. The lowest BCUT2D eigenvalue weighted by Crippen LogP contribution is -2.10. The van der Waals surface area contributed by atoms with Gasteiger partial charge >= 0.3 is 0 Å². The Labute approximate surface area is 122 Å². The zero-order valence-electron chi connectivity index (χ0n) is 11.6. The fourth-order valence-corrected chi connectivity index (χ4v) is 2.93. The highest BCUT2D eigenvalue weighted by atomic mass is 32.1. The molecule has 0 saturated carbocycles. The van der Waals surface area contributed by atoms with E-state index in [0.717, 1.165) is 42.0 Å². The van der Waals surface area contributed by atoms with E-state index in [2.05, 4.69) is 9.55 Å². The molecule has 6 heteroatoms. The van der Waals surface area contributed by atoms with Gasteiger partial charge in [-0.05, 0) is 18.6 Å². The Balaban J connectivity index is 2.06. The maximum Gasteiger partial charge on any atom is 0.178 e. The molecule has 20 heavy (non-hydrogen) atoms. The van der Waals surface area contributed by atoms with Crippen LogP contribution in [0.3, 0.4) is 0 Å². The van der Waals surface area contributed by atoms with Gasteiger partial charge in [-0.25, -0.2) is 0 Å². The number of aromatic amines is 1. The van der Waals surface area contributed by atoms with Crippen molar-refractivity contribution in [2.24, 2.45) is 5.92 Å². The van der Waals surface area contributed by atoms with E-state index in [0.29, 0.717) is 17.4 Å². The maximum absolute atomic E-state index is 5.44. The molecule has 1 saturated heterocycles. The van der Waals surface area contributed by atoms with Gasteiger partial charge in [-0.15, -0.1) is 0 Å². The lowest BCUT2D eigenvalue weighted by Gasteiger charge is -2.11. The highest BCUT2D eigenvalue weighted by Gasteiger charge is 2.19. The van der Waals surface area contributed by atoms with Gasteiger partial charge in [-0.1, -0.05) is 0 Å². The van der Waals surface area contributed by atoms with Gasteiger partial charge in [0.25, 0.3) is 0 Å². The molecule has 2 heterocycles. The second-order valence-electron chi connectivity index (χ2n) is 4.99. The Hall–Kier alpha value is -1.53. The molecule has 0 spiro atoms.